The van der Waals surface area contributed by atoms with Gasteiger partial charge in [0.05, 0.1) is 0 Å². The molecule has 0 atom stereocenters. The van der Waals surface area contributed by atoms with E-state index in [-0.39, 0.29) is 5.41 Å². The maximum atomic E-state index is 5.14. The minimum absolute atomic E-state index is 0.0655. The summed E-state index contributed by atoms with van der Waals surface area (Å²) < 4.78 is 0. The molecule has 1 aliphatic carbocycles. The zero-order valence-electron chi connectivity index (χ0n) is 32.7. The Morgan fingerprint density at radius 1 is 0.328 bits per heavy atom. The standard InChI is InChI=1S/C54H40N4/c1-35-18-19-43(34-55-35)38-24-20-36(21-25-38)37-22-26-39(27-23-37)44-30-45(42-28-29-50-48(33-42)47-16-10-11-17-49(47)54(50,2)3)32-46(31-44)53-57-51(40-12-6-4-7-13-40)56-52(58-53)41-14-8-5-9-15-41/h4-34H,1-3H3. The quantitative estimate of drug-likeness (QED) is 0.163. The molecule has 9 aromatic rings. The monoisotopic (exact) mass is 744 g/mol. The smallest absolute Gasteiger partial charge is 0.164 e. The molecule has 2 heterocycles. The van der Waals surface area contributed by atoms with E-state index in [4.69, 9.17) is 15.0 Å². The summed E-state index contributed by atoms with van der Waals surface area (Å²) in [5, 5.41) is 0. The molecule has 7 aromatic carbocycles. The topological polar surface area (TPSA) is 51.6 Å². The molecule has 0 saturated heterocycles. The van der Waals surface area contributed by atoms with Gasteiger partial charge in [-0.05, 0) is 98.5 Å². The summed E-state index contributed by atoms with van der Waals surface area (Å²) in [6, 6.07) is 64.6. The second-order valence-corrected chi connectivity index (χ2v) is 15.6. The maximum Gasteiger partial charge on any atom is 0.164 e. The summed E-state index contributed by atoms with van der Waals surface area (Å²) in [5.41, 5.74) is 18.1. The van der Waals surface area contributed by atoms with Crippen LogP contribution >= 0.6 is 0 Å². The third kappa shape index (κ3) is 6.49. The molecular formula is C54H40N4. The van der Waals surface area contributed by atoms with Crippen molar-refractivity contribution in [3.8, 4) is 89.8 Å². The molecule has 0 amide bonds. The molecule has 10 rings (SSSR count). The Balaban J connectivity index is 1.10. The highest BCUT2D eigenvalue weighted by atomic mass is 15.0. The molecule has 0 bridgehead atoms. The van der Waals surface area contributed by atoms with Crippen LogP contribution < -0.4 is 0 Å². The average Bonchev–Trinajstić information content (AvgIpc) is 3.52. The van der Waals surface area contributed by atoms with Crippen LogP contribution in [-0.2, 0) is 5.41 Å². The number of benzene rings is 7. The highest BCUT2D eigenvalue weighted by Gasteiger charge is 2.35. The van der Waals surface area contributed by atoms with E-state index in [2.05, 4.69) is 164 Å². The van der Waals surface area contributed by atoms with Gasteiger partial charge < -0.3 is 0 Å². The molecule has 0 spiro atoms. The summed E-state index contributed by atoms with van der Waals surface area (Å²) in [7, 11) is 0. The van der Waals surface area contributed by atoms with Gasteiger partial charge in [-0.1, -0.05) is 166 Å². The van der Waals surface area contributed by atoms with Crippen LogP contribution in [0, 0.1) is 6.92 Å². The largest absolute Gasteiger partial charge is 0.261 e. The van der Waals surface area contributed by atoms with Crippen LogP contribution in [0.2, 0.25) is 0 Å². The van der Waals surface area contributed by atoms with Crippen molar-refractivity contribution in [2.45, 2.75) is 26.2 Å². The van der Waals surface area contributed by atoms with E-state index in [1.165, 1.54) is 27.8 Å². The number of rotatable bonds is 7. The molecule has 0 fully saturated rings. The molecule has 2 aromatic heterocycles. The normalized spacial score (nSPS) is 12.5. The number of fused-ring (bicyclic) bond motifs is 3. The van der Waals surface area contributed by atoms with Crippen LogP contribution in [0.4, 0.5) is 0 Å². The second kappa shape index (κ2) is 14.3. The third-order valence-electron chi connectivity index (χ3n) is 11.5. The van der Waals surface area contributed by atoms with E-state index in [9.17, 15) is 0 Å². The Hall–Kier alpha value is -7.30. The van der Waals surface area contributed by atoms with Crippen LogP contribution in [0.3, 0.4) is 0 Å². The van der Waals surface area contributed by atoms with Crippen molar-refractivity contribution < 1.29 is 0 Å². The lowest BCUT2D eigenvalue weighted by molar-refractivity contribution is 0.660. The second-order valence-electron chi connectivity index (χ2n) is 15.6. The Labute approximate surface area is 339 Å². The van der Waals surface area contributed by atoms with Crippen LogP contribution in [0.15, 0.2) is 188 Å². The number of aromatic nitrogens is 4. The first-order valence-electron chi connectivity index (χ1n) is 19.8. The molecule has 0 N–H and O–H groups in total. The summed E-state index contributed by atoms with van der Waals surface area (Å²) in [6.45, 7) is 6.66. The average molecular weight is 745 g/mol. The molecule has 4 nitrogen and oxygen atoms in total. The highest BCUT2D eigenvalue weighted by Crippen LogP contribution is 2.49. The van der Waals surface area contributed by atoms with E-state index in [1.807, 2.05) is 49.5 Å². The van der Waals surface area contributed by atoms with Gasteiger partial charge >= 0.3 is 0 Å². The van der Waals surface area contributed by atoms with E-state index >= 15 is 0 Å². The van der Waals surface area contributed by atoms with Gasteiger partial charge in [-0.2, -0.15) is 0 Å². The van der Waals surface area contributed by atoms with Gasteiger partial charge in [0, 0.05) is 39.6 Å². The van der Waals surface area contributed by atoms with Gasteiger partial charge in [-0.25, -0.2) is 15.0 Å². The van der Waals surface area contributed by atoms with Gasteiger partial charge in [-0.15, -0.1) is 0 Å². The maximum absolute atomic E-state index is 5.14. The first-order valence-corrected chi connectivity index (χ1v) is 19.8. The molecule has 0 aliphatic heterocycles. The Kier molecular flexibility index (Phi) is 8.68. The van der Waals surface area contributed by atoms with Crippen molar-refractivity contribution in [2.75, 3.05) is 0 Å². The zero-order chi connectivity index (χ0) is 39.2. The summed E-state index contributed by atoms with van der Waals surface area (Å²) in [4.78, 5) is 19.7. The van der Waals surface area contributed by atoms with Crippen molar-refractivity contribution >= 4 is 0 Å². The Morgan fingerprint density at radius 2 is 0.759 bits per heavy atom. The number of pyridine rings is 1. The van der Waals surface area contributed by atoms with Crippen molar-refractivity contribution in [2.24, 2.45) is 0 Å². The molecule has 276 valence electrons. The van der Waals surface area contributed by atoms with Crippen LogP contribution in [0.25, 0.3) is 89.8 Å². The number of hydrogen-bond donors (Lipinski definition) is 0. The van der Waals surface area contributed by atoms with Crippen molar-refractivity contribution in [1.82, 2.24) is 19.9 Å². The predicted octanol–water partition coefficient (Wildman–Crippen LogP) is 13.6. The molecule has 0 radical (unpaired) electrons. The third-order valence-corrected chi connectivity index (χ3v) is 11.5. The predicted molar refractivity (Wildman–Crippen MR) is 238 cm³/mol. The first kappa shape index (κ1) is 35.1. The Morgan fingerprint density at radius 3 is 1.33 bits per heavy atom. The fourth-order valence-electron chi connectivity index (χ4n) is 8.28. The van der Waals surface area contributed by atoms with Gasteiger partial charge in [-0.3, -0.25) is 4.98 Å². The lowest BCUT2D eigenvalue weighted by Crippen LogP contribution is -2.14. The molecule has 1 aliphatic rings. The molecule has 4 heteroatoms. The van der Waals surface area contributed by atoms with Crippen molar-refractivity contribution in [3.05, 3.63) is 205 Å². The van der Waals surface area contributed by atoms with Gasteiger partial charge in [0.1, 0.15) is 0 Å². The first-order chi connectivity index (χ1) is 28.4. The number of nitrogens with zero attached hydrogens (tertiary/aromatic N) is 4. The fourth-order valence-corrected chi connectivity index (χ4v) is 8.28. The molecule has 0 saturated carbocycles. The lowest BCUT2D eigenvalue weighted by Gasteiger charge is -2.21. The summed E-state index contributed by atoms with van der Waals surface area (Å²) >= 11 is 0. The summed E-state index contributed by atoms with van der Waals surface area (Å²) in [6.07, 6.45) is 1.94. The number of hydrogen-bond acceptors (Lipinski definition) is 4. The van der Waals surface area contributed by atoms with Crippen molar-refractivity contribution in [1.29, 1.82) is 0 Å². The minimum atomic E-state index is -0.0655. The van der Waals surface area contributed by atoms with E-state index in [1.54, 1.807) is 0 Å². The van der Waals surface area contributed by atoms with E-state index < -0.39 is 0 Å². The van der Waals surface area contributed by atoms with E-state index in [0.29, 0.717) is 17.5 Å². The van der Waals surface area contributed by atoms with Crippen molar-refractivity contribution in [3.63, 3.8) is 0 Å². The molecular weight excluding hydrogens is 705 g/mol. The minimum Gasteiger partial charge on any atom is -0.261 e. The fraction of sp³-hybridized carbons (Fsp3) is 0.0741. The Bertz CT molecular complexity index is 2880. The van der Waals surface area contributed by atoms with Crippen LogP contribution in [-0.4, -0.2) is 19.9 Å². The van der Waals surface area contributed by atoms with E-state index in [0.717, 1.165) is 61.3 Å². The SMILES string of the molecule is Cc1ccc(-c2ccc(-c3ccc(-c4cc(-c5ccc6c(c5)-c5ccccc5C6(C)C)cc(-c5nc(-c6ccccc6)nc(-c6ccccc6)n5)c4)cc3)cc2)cn1. The van der Waals surface area contributed by atoms with Gasteiger partial charge in [0.15, 0.2) is 17.5 Å². The zero-order valence-corrected chi connectivity index (χ0v) is 32.7. The highest BCUT2D eigenvalue weighted by molar-refractivity contribution is 5.87. The number of aryl methyl sites for hydroxylation is 1. The summed E-state index contributed by atoms with van der Waals surface area (Å²) in [5.74, 6) is 1.91. The lowest BCUT2D eigenvalue weighted by atomic mass is 9.82. The van der Waals surface area contributed by atoms with Crippen LogP contribution in [0.5, 0.6) is 0 Å². The molecule has 0 unspecified atom stereocenters. The van der Waals surface area contributed by atoms with Gasteiger partial charge in [0.2, 0.25) is 0 Å². The van der Waals surface area contributed by atoms with Gasteiger partial charge in [0.25, 0.3) is 0 Å². The molecule has 58 heavy (non-hydrogen) atoms. The van der Waals surface area contributed by atoms with Crippen LogP contribution in [0.1, 0.15) is 30.7 Å².